The van der Waals surface area contributed by atoms with E-state index in [-0.39, 0.29) is 5.91 Å². The van der Waals surface area contributed by atoms with Gasteiger partial charge in [-0.2, -0.15) is 5.26 Å². The van der Waals surface area contributed by atoms with Gasteiger partial charge in [0.25, 0.3) is 5.91 Å². The number of aliphatic hydroxyl groups is 1. The third kappa shape index (κ3) is 4.91. The number of rotatable bonds is 7. The molecule has 2 amide bonds. The average molecular weight is 488 g/mol. The lowest BCUT2D eigenvalue weighted by atomic mass is 9.96. The Labute approximate surface area is 205 Å². The topological polar surface area (TPSA) is 136 Å². The average Bonchev–Trinajstić information content (AvgIpc) is 3.58. The minimum atomic E-state index is -0.587. The van der Waals surface area contributed by atoms with E-state index in [1.54, 1.807) is 54.6 Å². The number of ether oxygens (including phenoxy) is 1. The van der Waals surface area contributed by atoms with Crippen molar-refractivity contribution in [1.29, 1.82) is 5.26 Å². The number of thioether (sulfide) groups is 1. The fourth-order valence-corrected chi connectivity index (χ4v) is 4.73. The summed E-state index contributed by atoms with van der Waals surface area (Å²) in [7, 11) is 0. The highest BCUT2D eigenvalue weighted by Gasteiger charge is 2.45. The lowest BCUT2D eigenvalue weighted by Gasteiger charge is -2.11. The van der Waals surface area contributed by atoms with Crippen molar-refractivity contribution >= 4 is 35.0 Å². The number of aromatic nitrogens is 1. The standard InChI is InChI=1S/C25H21N5O4S/c26-14-25(9-10-25)16-4-1-3-15(11-16)22(33)27-17-5-2-6-18(12-17)34-21-8-7-19-23(30-21)35-24(28-19)29-20(32)13-31/h1-8,11-12,24,28,31H,9-10,13H2,(H,27,33)(H,29,32). The molecule has 2 heterocycles. The van der Waals surface area contributed by atoms with Gasteiger partial charge in [0.2, 0.25) is 11.8 Å². The van der Waals surface area contributed by atoms with Crippen LogP contribution in [0.3, 0.4) is 0 Å². The Morgan fingerprint density at radius 1 is 1.20 bits per heavy atom. The Kier molecular flexibility index (Phi) is 6.03. The molecule has 2 aromatic carbocycles. The summed E-state index contributed by atoms with van der Waals surface area (Å²) in [6.45, 7) is -0.587. The van der Waals surface area contributed by atoms with Crippen LogP contribution in [0.4, 0.5) is 11.4 Å². The lowest BCUT2D eigenvalue weighted by Crippen LogP contribution is -2.37. The van der Waals surface area contributed by atoms with E-state index in [2.05, 4.69) is 27.0 Å². The van der Waals surface area contributed by atoms with Gasteiger partial charge in [-0.15, -0.1) is 0 Å². The number of hydrogen-bond acceptors (Lipinski definition) is 8. The van der Waals surface area contributed by atoms with Crippen molar-refractivity contribution in [1.82, 2.24) is 10.3 Å². The van der Waals surface area contributed by atoms with Crippen molar-refractivity contribution in [3.8, 4) is 17.7 Å². The summed E-state index contributed by atoms with van der Waals surface area (Å²) in [6, 6.07) is 20.0. The van der Waals surface area contributed by atoms with Crippen molar-refractivity contribution < 1.29 is 19.4 Å². The van der Waals surface area contributed by atoms with E-state index in [0.29, 0.717) is 27.9 Å². The van der Waals surface area contributed by atoms with E-state index in [4.69, 9.17) is 9.84 Å². The summed E-state index contributed by atoms with van der Waals surface area (Å²) in [5, 5.41) is 27.6. The number of nitrogens with one attached hydrogen (secondary N) is 3. The van der Waals surface area contributed by atoms with Crippen molar-refractivity contribution in [2.24, 2.45) is 0 Å². The van der Waals surface area contributed by atoms with E-state index in [1.165, 1.54) is 11.8 Å². The van der Waals surface area contributed by atoms with Gasteiger partial charge in [-0.3, -0.25) is 9.59 Å². The maximum Gasteiger partial charge on any atom is 0.255 e. The molecule has 0 radical (unpaired) electrons. The maximum atomic E-state index is 12.8. The van der Waals surface area contributed by atoms with Crippen molar-refractivity contribution in [2.75, 3.05) is 17.2 Å². The van der Waals surface area contributed by atoms with Gasteiger partial charge in [-0.05, 0) is 48.7 Å². The first-order valence-electron chi connectivity index (χ1n) is 10.9. The van der Waals surface area contributed by atoms with Crippen LogP contribution >= 0.6 is 11.8 Å². The molecule has 0 spiro atoms. The third-order valence-electron chi connectivity index (χ3n) is 5.74. The van der Waals surface area contributed by atoms with Crippen LogP contribution in [0.1, 0.15) is 28.8 Å². The highest BCUT2D eigenvalue weighted by atomic mass is 32.2. The molecule has 5 rings (SSSR count). The predicted octanol–water partition coefficient (Wildman–Crippen LogP) is 3.59. The van der Waals surface area contributed by atoms with Crippen LogP contribution in [0.15, 0.2) is 65.7 Å². The summed E-state index contributed by atoms with van der Waals surface area (Å²) in [5.74, 6) is 0.0925. The number of fused-ring (bicyclic) bond motifs is 1. The molecular formula is C25H21N5O4S. The van der Waals surface area contributed by atoms with Gasteiger partial charge in [-0.25, -0.2) is 4.98 Å². The highest BCUT2D eigenvalue weighted by Crippen LogP contribution is 2.47. The molecule has 1 fully saturated rings. The number of carbonyl (C=O) groups is 2. The summed E-state index contributed by atoms with van der Waals surface area (Å²) in [6.07, 6.45) is 1.63. The molecule has 3 aromatic rings. The number of benzene rings is 2. The minimum Gasteiger partial charge on any atom is -0.439 e. The van der Waals surface area contributed by atoms with Gasteiger partial charge in [0.05, 0.1) is 17.2 Å². The molecule has 1 aliphatic heterocycles. The van der Waals surface area contributed by atoms with Gasteiger partial charge in [0.15, 0.2) is 5.50 Å². The summed E-state index contributed by atoms with van der Waals surface area (Å²) < 4.78 is 5.89. The van der Waals surface area contributed by atoms with Crippen LogP contribution in [0.2, 0.25) is 0 Å². The Hall–Kier alpha value is -4.07. The predicted molar refractivity (Wildman–Crippen MR) is 130 cm³/mol. The maximum absolute atomic E-state index is 12.8. The van der Waals surface area contributed by atoms with Crippen LogP contribution in [0, 0.1) is 11.3 Å². The van der Waals surface area contributed by atoms with Crippen molar-refractivity contribution in [3.63, 3.8) is 0 Å². The zero-order chi connectivity index (χ0) is 24.4. The molecule has 1 atom stereocenters. The van der Waals surface area contributed by atoms with Gasteiger partial charge >= 0.3 is 0 Å². The van der Waals surface area contributed by atoms with E-state index < -0.39 is 23.4 Å². The Balaban J connectivity index is 1.25. The second-order valence-corrected chi connectivity index (χ2v) is 9.32. The zero-order valence-corrected chi connectivity index (χ0v) is 19.3. The summed E-state index contributed by atoms with van der Waals surface area (Å²) in [5.41, 5.74) is 1.79. The molecule has 10 heteroatoms. The first-order valence-corrected chi connectivity index (χ1v) is 11.8. The number of pyridine rings is 1. The molecule has 2 aliphatic rings. The number of amides is 2. The summed E-state index contributed by atoms with van der Waals surface area (Å²) >= 11 is 1.30. The molecule has 1 aliphatic carbocycles. The Morgan fingerprint density at radius 2 is 2.03 bits per heavy atom. The molecule has 4 N–H and O–H groups in total. The number of aliphatic hydroxyl groups excluding tert-OH is 1. The van der Waals surface area contributed by atoms with Crippen LogP contribution < -0.4 is 20.7 Å². The van der Waals surface area contributed by atoms with Gasteiger partial charge in [-0.1, -0.05) is 30.0 Å². The second-order valence-electron chi connectivity index (χ2n) is 8.23. The lowest BCUT2D eigenvalue weighted by molar-refractivity contribution is -0.123. The fraction of sp³-hybridized carbons (Fsp3) is 0.200. The molecule has 1 saturated carbocycles. The zero-order valence-electron chi connectivity index (χ0n) is 18.4. The molecule has 1 unspecified atom stereocenters. The second kappa shape index (κ2) is 9.29. The van der Waals surface area contributed by atoms with E-state index in [1.807, 2.05) is 6.07 Å². The largest absolute Gasteiger partial charge is 0.439 e. The molecule has 1 aromatic heterocycles. The molecule has 0 bridgehead atoms. The van der Waals surface area contributed by atoms with Crippen LogP contribution in [0.25, 0.3) is 0 Å². The third-order valence-corrected chi connectivity index (χ3v) is 6.75. The molecule has 0 saturated heterocycles. The monoisotopic (exact) mass is 487 g/mol. The van der Waals surface area contributed by atoms with Crippen molar-refractivity contribution in [3.05, 3.63) is 71.8 Å². The molecule has 9 nitrogen and oxygen atoms in total. The quantitative estimate of drug-likeness (QED) is 0.397. The number of hydrogen-bond donors (Lipinski definition) is 4. The first-order chi connectivity index (χ1) is 17.0. The highest BCUT2D eigenvalue weighted by molar-refractivity contribution is 8.00. The minimum absolute atomic E-state index is 0.271. The van der Waals surface area contributed by atoms with E-state index in [9.17, 15) is 14.9 Å². The number of carbonyl (C=O) groups excluding carboxylic acids is 2. The number of nitriles is 1. The number of anilines is 2. The molecular weight excluding hydrogens is 466 g/mol. The van der Waals surface area contributed by atoms with Crippen LogP contribution in [-0.2, 0) is 10.2 Å². The van der Waals surface area contributed by atoms with Gasteiger partial charge in [0, 0.05) is 23.4 Å². The Morgan fingerprint density at radius 3 is 2.80 bits per heavy atom. The number of nitrogens with zero attached hydrogens (tertiary/aromatic N) is 2. The smallest absolute Gasteiger partial charge is 0.255 e. The normalized spacial score (nSPS) is 16.9. The van der Waals surface area contributed by atoms with E-state index >= 15 is 0 Å². The molecule has 176 valence electrons. The van der Waals surface area contributed by atoms with Gasteiger partial charge in [0.1, 0.15) is 17.4 Å². The SMILES string of the molecule is N#CC1(c2cccc(C(=O)Nc3cccc(Oc4ccc5c(n4)SC(NC(=O)CO)N5)c3)c2)CC1. The van der Waals surface area contributed by atoms with E-state index in [0.717, 1.165) is 24.1 Å². The van der Waals surface area contributed by atoms with Crippen LogP contribution in [0.5, 0.6) is 11.6 Å². The fourth-order valence-electron chi connectivity index (χ4n) is 3.73. The van der Waals surface area contributed by atoms with Crippen LogP contribution in [-0.4, -0.2) is 34.0 Å². The summed E-state index contributed by atoms with van der Waals surface area (Å²) in [4.78, 5) is 28.7. The van der Waals surface area contributed by atoms with Gasteiger partial charge < -0.3 is 25.8 Å². The first kappa shape index (κ1) is 22.7. The van der Waals surface area contributed by atoms with Crippen molar-refractivity contribution in [2.45, 2.75) is 28.8 Å². The Bertz CT molecular complexity index is 1350. The molecule has 35 heavy (non-hydrogen) atoms.